The first-order valence-electron chi connectivity index (χ1n) is 6.33. The van der Waals surface area contributed by atoms with Crippen LogP contribution in [0.3, 0.4) is 0 Å². The van der Waals surface area contributed by atoms with Crippen LogP contribution in [-0.4, -0.2) is 50.8 Å². The summed E-state index contributed by atoms with van der Waals surface area (Å²) in [6.45, 7) is 7.91. The molecule has 0 aromatic heterocycles. The standard InChI is InChI=1S/C12H25NO3/c1-4-14-12(15-5-2)8-6-7-9-13(3)10-11-16-12/h4-11H2,1-3H3. The molecule has 0 amide bonds. The highest BCUT2D eigenvalue weighted by atomic mass is 16.9. The Labute approximate surface area is 98.8 Å². The van der Waals surface area contributed by atoms with E-state index in [0.29, 0.717) is 19.8 Å². The normalized spacial score (nSPS) is 23.4. The second-order valence-electron chi connectivity index (χ2n) is 4.16. The van der Waals surface area contributed by atoms with Gasteiger partial charge in [-0.25, -0.2) is 0 Å². The molecule has 1 saturated heterocycles. The molecule has 96 valence electrons. The van der Waals surface area contributed by atoms with E-state index in [2.05, 4.69) is 11.9 Å². The van der Waals surface area contributed by atoms with E-state index in [1.807, 2.05) is 13.8 Å². The molecule has 0 aliphatic carbocycles. The van der Waals surface area contributed by atoms with Crippen molar-refractivity contribution in [1.82, 2.24) is 4.90 Å². The van der Waals surface area contributed by atoms with Crippen LogP contribution in [0.25, 0.3) is 0 Å². The molecule has 0 N–H and O–H groups in total. The van der Waals surface area contributed by atoms with Gasteiger partial charge in [-0.1, -0.05) is 0 Å². The van der Waals surface area contributed by atoms with Crippen molar-refractivity contribution >= 4 is 0 Å². The molecule has 4 heteroatoms. The largest absolute Gasteiger partial charge is 0.328 e. The van der Waals surface area contributed by atoms with Gasteiger partial charge in [-0.2, -0.15) is 0 Å². The number of rotatable bonds is 4. The number of hydrogen-bond donors (Lipinski definition) is 0. The lowest BCUT2D eigenvalue weighted by atomic mass is 10.2. The second kappa shape index (κ2) is 7.22. The molecule has 16 heavy (non-hydrogen) atoms. The van der Waals surface area contributed by atoms with E-state index in [0.717, 1.165) is 25.9 Å². The van der Waals surface area contributed by atoms with E-state index >= 15 is 0 Å². The lowest BCUT2D eigenvalue weighted by Crippen LogP contribution is -2.40. The summed E-state index contributed by atoms with van der Waals surface area (Å²) in [7, 11) is 2.12. The molecule has 0 bridgehead atoms. The quantitative estimate of drug-likeness (QED) is 0.691. The van der Waals surface area contributed by atoms with Crippen LogP contribution in [-0.2, 0) is 14.2 Å². The topological polar surface area (TPSA) is 30.9 Å². The molecular weight excluding hydrogens is 206 g/mol. The Kier molecular flexibility index (Phi) is 6.28. The second-order valence-corrected chi connectivity index (χ2v) is 4.16. The van der Waals surface area contributed by atoms with E-state index in [1.165, 1.54) is 6.42 Å². The van der Waals surface area contributed by atoms with Crippen LogP contribution in [0.1, 0.15) is 33.1 Å². The Hall–Kier alpha value is -0.160. The smallest absolute Gasteiger partial charge is 0.282 e. The molecular formula is C12H25NO3. The zero-order valence-electron chi connectivity index (χ0n) is 10.8. The third-order valence-corrected chi connectivity index (χ3v) is 2.80. The maximum absolute atomic E-state index is 5.82. The van der Waals surface area contributed by atoms with Gasteiger partial charge in [0, 0.05) is 26.2 Å². The van der Waals surface area contributed by atoms with Crippen LogP contribution >= 0.6 is 0 Å². The molecule has 1 aliphatic rings. The minimum Gasteiger partial charge on any atom is -0.328 e. The summed E-state index contributed by atoms with van der Waals surface area (Å²) in [6, 6.07) is 0. The first kappa shape index (κ1) is 13.9. The van der Waals surface area contributed by atoms with Crippen LogP contribution < -0.4 is 0 Å². The molecule has 0 aromatic carbocycles. The van der Waals surface area contributed by atoms with E-state index in [9.17, 15) is 0 Å². The van der Waals surface area contributed by atoms with Gasteiger partial charge in [0.2, 0.25) is 0 Å². The lowest BCUT2D eigenvalue weighted by molar-refractivity contribution is -0.380. The number of nitrogens with zero attached hydrogens (tertiary/aromatic N) is 1. The summed E-state index contributed by atoms with van der Waals surface area (Å²) in [5.41, 5.74) is 0. The van der Waals surface area contributed by atoms with Gasteiger partial charge in [-0.15, -0.1) is 0 Å². The van der Waals surface area contributed by atoms with Crippen LogP contribution in [0.4, 0.5) is 0 Å². The fourth-order valence-corrected chi connectivity index (χ4v) is 1.97. The lowest BCUT2D eigenvalue weighted by Gasteiger charge is -2.32. The summed E-state index contributed by atoms with van der Waals surface area (Å²) in [5, 5.41) is 0. The van der Waals surface area contributed by atoms with Crippen LogP contribution in [0, 0.1) is 0 Å². The summed E-state index contributed by atoms with van der Waals surface area (Å²) < 4.78 is 17.2. The molecule has 0 spiro atoms. The van der Waals surface area contributed by atoms with Gasteiger partial charge in [0.1, 0.15) is 0 Å². The highest BCUT2D eigenvalue weighted by molar-refractivity contribution is 4.64. The van der Waals surface area contributed by atoms with E-state index in [-0.39, 0.29) is 0 Å². The molecule has 0 saturated carbocycles. The minimum absolute atomic E-state index is 0.621. The van der Waals surface area contributed by atoms with Gasteiger partial charge in [0.05, 0.1) is 6.61 Å². The third kappa shape index (κ3) is 4.37. The number of ether oxygens (including phenoxy) is 3. The molecule has 0 unspecified atom stereocenters. The molecule has 1 heterocycles. The highest BCUT2D eigenvalue weighted by Gasteiger charge is 2.32. The summed E-state index contributed by atoms with van der Waals surface area (Å²) in [6.07, 6.45) is 3.06. The van der Waals surface area contributed by atoms with Gasteiger partial charge in [0.25, 0.3) is 5.97 Å². The Morgan fingerprint density at radius 1 is 1.12 bits per heavy atom. The van der Waals surface area contributed by atoms with E-state index < -0.39 is 5.97 Å². The van der Waals surface area contributed by atoms with Crippen molar-refractivity contribution in [2.45, 2.75) is 39.1 Å². The first-order valence-corrected chi connectivity index (χ1v) is 6.33. The van der Waals surface area contributed by atoms with Crippen molar-refractivity contribution in [3.05, 3.63) is 0 Å². The van der Waals surface area contributed by atoms with Crippen LogP contribution in [0.15, 0.2) is 0 Å². The minimum atomic E-state index is -0.797. The zero-order valence-corrected chi connectivity index (χ0v) is 10.8. The number of likely N-dealkylation sites (N-methyl/N-ethyl adjacent to an activating group) is 1. The summed E-state index contributed by atoms with van der Waals surface area (Å²) >= 11 is 0. The molecule has 0 radical (unpaired) electrons. The van der Waals surface area contributed by atoms with Crippen molar-refractivity contribution in [3.63, 3.8) is 0 Å². The molecule has 1 fully saturated rings. The predicted molar refractivity (Wildman–Crippen MR) is 63.3 cm³/mol. The van der Waals surface area contributed by atoms with Crippen molar-refractivity contribution in [3.8, 4) is 0 Å². The molecule has 0 atom stereocenters. The summed E-state index contributed by atoms with van der Waals surface area (Å²) in [4.78, 5) is 2.29. The fraction of sp³-hybridized carbons (Fsp3) is 1.00. The monoisotopic (exact) mass is 231 g/mol. The van der Waals surface area contributed by atoms with E-state index in [1.54, 1.807) is 0 Å². The Bertz CT molecular complexity index is 181. The number of hydrogen-bond acceptors (Lipinski definition) is 4. The molecule has 1 aliphatic heterocycles. The predicted octanol–water partition coefficient (Wildman–Crippen LogP) is 1.85. The van der Waals surface area contributed by atoms with Crippen molar-refractivity contribution in [2.75, 3.05) is 40.0 Å². The van der Waals surface area contributed by atoms with Gasteiger partial charge in [0.15, 0.2) is 0 Å². The molecule has 1 rings (SSSR count). The van der Waals surface area contributed by atoms with Gasteiger partial charge in [-0.05, 0) is 40.3 Å². The fourth-order valence-electron chi connectivity index (χ4n) is 1.97. The van der Waals surface area contributed by atoms with E-state index in [4.69, 9.17) is 14.2 Å². The van der Waals surface area contributed by atoms with Gasteiger partial charge >= 0.3 is 0 Å². The Balaban J connectivity index is 2.57. The zero-order chi connectivity index (χ0) is 11.9. The van der Waals surface area contributed by atoms with Crippen molar-refractivity contribution in [2.24, 2.45) is 0 Å². The average Bonchev–Trinajstić information content (AvgIpc) is 2.32. The third-order valence-electron chi connectivity index (χ3n) is 2.80. The highest BCUT2D eigenvalue weighted by Crippen LogP contribution is 2.24. The first-order chi connectivity index (χ1) is 7.72. The van der Waals surface area contributed by atoms with Gasteiger partial charge < -0.3 is 19.1 Å². The maximum atomic E-state index is 5.82. The van der Waals surface area contributed by atoms with Crippen molar-refractivity contribution in [1.29, 1.82) is 0 Å². The molecule has 4 nitrogen and oxygen atoms in total. The Morgan fingerprint density at radius 2 is 1.81 bits per heavy atom. The van der Waals surface area contributed by atoms with Gasteiger partial charge in [-0.3, -0.25) is 0 Å². The van der Waals surface area contributed by atoms with Crippen LogP contribution in [0.5, 0.6) is 0 Å². The van der Waals surface area contributed by atoms with Crippen LogP contribution in [0.2, 0.25) is 0 Å². The Morgan fingerprint density at radius 3 is 2.44 bits per heavy atom. The average molecular weight is 231 g/mol. The van der Waals surface area contributed by atoms with Crippen molar-refractivity contribution < 1.29 is 14.2 Å². The molecule has 0 aromatic rings. The SMILES string of the molecule is CCOC1(OCC)CCCCN(C)CCO1. The maximum Gasteiger partial charge on any atom is 0.282 e. The summed E-state index contributed by atoms with van der Waals surface area (Å²) in [5.74, 6) is -0.797.